The summed E-state index contributed by atoms with van der Waals surface area (Å²) in [5, 5.41) is 18.2. The zero-order valence-corrected chi connectivity index (χ0v) is 60.7. The number of aryl methyl sites for hydroxylation is 6. The number of hydrogen-bond donors (Lipinski definition) is 5. The van der Waals surface area contributed by atoms with E-state index < -0.39 is 5.97 Å². The normalized spacial score (nSPS) is 10.9. The number of thiazole rings is 1. The molecule has 4 amide bonds. The molecular weight excluding hydrogens is 1480 g/mol. The molecule has 504 valence electrons. The summed E-state index contributed by atoms with van der Waals surface area (Å²) >= 11 is 26.5. The molecule has 0 aliphatic heterocycles. The number of para-hydroxylation sites is 1. The summed E-state index contributed by atoms with van der Waals surface area (Å²) in [6, 6.07) is 48.9. The van der Waals surface area contributed by atoms with Gasteiger partial charge < -0.3 is 39.4 Å². The van der Waals surface area contributed by atoms with Crippen LogP contribution in [0.15, 0.2) is 203 Å². The maximum absolute atomic E-state index is 13.2. The summed E-state index contributed by atoms with van der Waals surface area (Å²) < 4.78 is 25.5. The lowest BCUT2D eigenvalue weighted by Crippen LogP contribution is -2.13. The van der Waals surface area contributed by atoms with Crippen molar-refractivity contribution in [2.75, 3.05) is 28.4 Å². The number of amides is 4. The van der Waals surface area contributed by atoms with Gasteiger partial charge in [-0.05, 0) is 160 Å². The lowest BCUT2D eigenvalue weighted by Gasteiger charge is -2.06. The van der Waals surface area contributed by atoms with Crippen LogP contribution in [0.5, 0.6) is 0 Å². The zero-order valence-electron chi connectivity index (χ0n) is 54.4. The summed E-state index contributed by atoms with van der Waals surface area (Å²) in [5.41, 5.74) is 12.3. The second kappa shape index (κ2) is 31.3. The van der Waals surface area contributed by atoms with E-state index in [1.54, 1.807) is 71.6 Å². The number of rotatable bonds is 12. The van der Waals surface area contributed by atoms with Gasteiger partial charge in [-0.1, -0.05) is 115 Å². The van der Waals surface area contributed by atoms with E-state index in [2.05, 4.69) is 78.0 Å². The average Bonchev–Trinajstić information content (AvgIpc) is 1.64. The van der Waals surface area contributed by atoms with E-state index in [4.69, 9.17) is 39.5 Å². The van der Waals surface area contributed by atoms with E-state index in [1.165, 1.54) is 30.6 Å². The highest BCUT2D eigenvalue weighted by atomic mass is 79.9. The number of halogens is 6. The Kier molecular flexibility index (Phi) is 22.2. The van der Waals surface area contributed by atoms with Crippen molar-refractivity contribution in [1.82, 2.24) is 38.6 Å². The molecule has 0 atom stereocenters. The number of methoxy groups -OCH3 is 1. The smallest absolute Gasteiger partial charge is 0.337 e. The van der Waals surface area contributed by atoms with Crippen LogP contribution in [0.4, 0.5) is 27.0 Å². The zero-order chi connectivity index (χ0) is 71.1. The van der Waals surface area contributed by atoms with E-state index in [1.807, 2.05) is 166 Å². The molecule has 0 saturated heterocycles. The molecule has 14 rings (SSSR count). The van der Waals surface area contributed by atoms with Gasteiger partial charge in [0.05, 0.1) is 50.7 Å². The van der Waals surface area contributed by atoms with Crippen molar-refractivity contribution in [3.05, 3.63) is 280 Å². The predicted molar refractivity (Wildman–Crippen MR) is 404 cm³/mol. The fourth-order valence-electron chi connectivity index (χ4n) is 11.1. The largest absolute Gasteiger partial charge is 0.465 e. The van der Waals surface area contributed by atoms with E-state index >= 15 is 0 Å². The Labute approximate surface area is 608 Å². The van der Waals surface area contributed by atoms with Crippen LogP contribution in [0.2, 0.25) is 15.2 Å². The van der Waals surface area contributed by atoms with Crippen molar-refractivity contribution in [3.63, 3.8) is 0 Å². The Bertz CT molecular complexity index is 5420. The Morgan fingerprint density at radius 3 is 1.84 bits per heavy atom. The first kappa shape index (κ1) is 71.0. The number of carbonyl (C=O) groups is 5. The third-order valence-corrected chi connectivity index (χ3v) is 18.6. The van der Waals surface area contributed by atoms with E-state index in [-0.39, 0.29) is 29.4 Å². The fourth-order valence-corrected chi connectivity index (χ4v) is 13.1. The third kappa shape index (κ3) is 16.7. The van der Waals surface area contributed by atoms with E-state index in [0.29, 0.717) is 88.7 Å². The van der Waals surface area contributed by atoms with Crippen molar-refractivity contribution >= 4 is 174 Å². The lowest BCUT2D eigenvalue weighted by atomic mass is 10.1. The molecule has 25 heteroatoms. The average molecular weight is 1540 g/mol. The molecule has 18 nitrogen and oxygen atoms in total. The number of pyridine rings is 3. The molecule has 0 unspecified atom stereocenters. The van der Waals surface area contributed by atoms with Gasteiger partial charge in [-0.3, -0.25) is 24.5 Å². The number of anilines is 4. The fraction of sp³-hybridized carbons (Fsp3) is 0.107. The molecule has 8 aromatic heterocycles. The van der Waals surface area contributed by atoms with Gasteiger partial charge >= 0.3 is 5.97 Å². The molecule has 0 spiro atoms. The van der Waals surface area contributed by atoms with Gasteiger partial charge in [-0.15, -0.1) is 11.3 Å². The first-order valence-electron chi connectivity index (χ1n) is 30.6. The monoisotopic (exact) mass is 1540 g/mol. The number of nitrogens with zero attached hydrogens (tertiary/aromatic N) is 7. The molecule has 0 bridgehead atoms. The van der Waals surface area contributed by atoms with Crippen LogP contribution in [0.25, 0.3) is 54.9 Å². The summed E-state index contributed by atoms with van der Waals surface area (Å²) in [6.07, 6.45) is 6.89. The number of aromatic amines is 1. The number of aromatic nitrogens is 8. The van der Waals surface area contributed by atoms with Gasteiger partial charge in [0.1, 0.15) is 28.4 Å². The van der Waals surface area contributed by atoms with Crippen LogP contribution < -0.4 is 21.3 Å². The van der Waals surface area contributed by atoms with Crippen LogP contribution in [0, 0.1) is 33.5 Å². The Morgan fingerprint density at radius 2 is 1.20 bits per heavy atom. The van der Waals surface area contributed by atoms with Gasteiger partial charge in [0.15, 0.2) is 5.13 Å². The lowest BCUT2D eigenvalue weighted by molar-refractivity contribution is 0.0600. The quantitative estimate of drug-likeness (QED) is 0.0727. The van der Waals surface area contributed by atoms with Crippen LogP contribution in [-0.4, -0.2) is 75.3 Å². The Balaban J connectivity index is 0.000000136. The summed E-state index contributed by atoms with van der Waals surface area (Å²) in [5.74, 6) is -0.0358. The number of benzene rings is 6. The van der Waals surface area contributed by atoms with Gasteiger partial charge in [-0.2, -0.15) is 0 Å². The highest BCUT2D eigenvalue weighted by Gasteiger charge is 2.22. The van der Waals surface area contributed by atoms with Crippen molar-refractivity contribution < 1.29 is 33.1 Å². The van der Waals surface area contributed by atoms with Gasteiger partial charge in [0.25, 0.3) is 23.6 Å². The van der Waals surface area contributed by atoms with Crippen LogP contribution >= 0.6 is 78.0 Å². The predicted octanol–water partition coefficient (Wildman–Crippen LogP) is 19.2. The number of carbonyl (C=O) groups excluding carboxylic acids is 5. The molecule has 0 radical (unpaired) electrons. The molecule has 0 fully saturated rings. The second-order valence-corrected chi connectivity index (χ2v) is 26.9. The standard InChI is InChI=1S/C23H19BrFN3O.C20H13Cl2N3O3S.C17H16BrN3O.C15H12ClN3O/c1-14-9-15(2)26-22(10-14)27-23(29)20-13-28(12-16-3-6-18(25)7-4-16)21-8-5-17(24)11-19(20)21;1-28-19(27)11-2-4-12-13(8-23-16(12)7-11)18(26)25-20-24-17(9-29-20)10-3-5-14(21)15(22)6-10;1-10-6-11(2)19-16(7-10)20-17(22)14-9-21(3)15-5-4-12(18)8-13(14)15;1-19-11-7-3-2-6-10(11)13(14(19)16)15(20)18-12-8-4-5-9-17-12/h3-11,13H,12H2,1-2H3,(H,26,27,29);2-9,23H,1H3,(H,24,25,26);4-9H,1-3H3,(H,19,20,22);2-9H,1H3,(H,17,18,20). The van der Waals surface area contributed by atoms with Crippen LogP contribution in [0.3, 0.4) is 0 Å². The van der Waals surface area contributed by atoms with Crippen molar-refractivity contribution in [3.8, 4) is 11.3 Å². The molecule has 5 N–H and O–H groups in total. The number of H-pyrrole nitrogens is 1. The van der Waals surface area contributed by atoms with E-state index in [9.17, 15) is 28.4 Å². The molecular formula is C75H60Br2Cl3FN12O6S. The SMILES string of the molecule is COC(=O)c1ccc2c(C(=O)Nc3nc(-c4ccc(Cl)c(Cl)c4)cs3)c[nH]c2c1.Cc1cc(C)nc(NC(=O)c2cn(C)c3ccc(Br)cc23)c1.Cc1cc(C)nc(NC(=O)c2cn(Cc3ccc(F)cc3)c3ccc(Br)cc23)c1.Cn1c(Cl)c(C(=O)Nc2ccccn2)c2ccccc21. The molecule has 6 aromatic carbocycles. The third-order valence-electron chi connectivity index (χ3n) is 15.7. The van der Waals surface area contributed by atoms with Gasteiger partial charge in [0.2, 0.25) is 0 Å². The molecule has 100 heavy (non-hydrogen) atoms. The molecule has 0 aliphatic carbocycles. The maximum atomic E-state index is 13.2. The Morgan fingerprint density at radius 1 is 0.580 bits per heavy atom. The number of fused-ring (bicyclic) bond motifs is 4. The highest BCUT2D eigenvalue weighted by Crippen LogP contribution is 2.34. The molecule has 14 aromatic rings. The molecule has 0 aliphatic rings. The maximum Gasteiger partial charge on any atom is 0.337 e. The first-order valence-corrected chi connectivity index (χ1v) is 34.2. The number of hydrogen-bond acceptors (Lipinski definition) is 11. The van der Waals surface area contributed by atoms with Crippen molar-refractivity contribution in [1.29, 1.82) is 0 Å². The topological polar surface area (TPSA) is 225 Å². The first-order chi connectivity index (χ1) is 48.0. The highest BCUT2D eigenvalue weighted by molar-refractivity contribution is 9.10. The summed E-state index contributed by atoms with van der Waals surface area (Å²) in [6.45, 7) is 8.30. The number of ether oxygens (including phenoxy) is 1. The van der Waals surface area contributed by atoms with Crippen molar-refractivity contribution in [2.45, 2.75) is 34.2 Å². The minimum Gasteiger partial charge on any atom is -0.465 e. The number of esters is 1. The van der Waals surface area contributed by atoms with Crippen molar-refractivity contribution in [2.24, 2.45) is 14.1 Å². The summed E-state index contributed by atoms with van der Waals surface area (Å²) in [7, 11) is 5.09. The Hall–Kier alpha value is -10.3. The molecule has 8 heterocycles. The van der Waals surface area contributed by atoms with Crippen LogP contribution in [0.1, 0.15) is 79.9 Å². The van der Waals surface area contributed by atoms with E-state index in [0.717, 1.165) is 75.3 Å². The second-order valence-electron chi connectivity index (χ2n) is 23.0. The number of nitrogens with one attached hydrogen (secondary N) is 5. The minimum absolute atomic E-state index is 0.152. The van der Waals surface area contributed by atoms with Crippen LogP contribution in [-0.2, 0) is 25.4 Å². The van der Waals surface area contributed by atoms with Gasteiger partial charge in [0, 0.05) is 120 Å². The molecule has 0 saturated carbocycles. The summed E-state index contributed by atoms with van der Waals surface area (Å²) in [4.78, 5) is 82.7. The minimum atomic E-state index is -0.440. The van der Waals surface area contributed by atoms with Gasteiger partial charge in [-0.25, -0.2) is 29.1 Å².